The largest absolute Gasteiger partial charge is 0.310 e. The van der Waals surface area contributed by atoms with Crippen LogP contribution in [0.15, 0.2) is 126 Å². The van der Waals surface area contributed by atoms with Crippen molar-refractivity contribution in [1.82, 2.24) is 0 Å². The van der Waals surface area contributed by atoms with Gasteiger partial charge in [-0.05, 0) is 65.7 Å². The summed E-state index contributed by atoms with van der Waals surface area (Å²) in [7, 11) is 0. The Morgan fingerprint density at radius 2 is 1.24 bits per heavy atom. The van der Waals surface area contributed by atoms with Gasteiger partial charge in [0.15, 0.2) is 0 Å². The Morgan fingerprint density at radius 1 is 0.545 bits per heavy atom. The third kappa shape index (κ3) is 3.74. The summed E-state index contributed by atoms with van der Waals surface area (Å²) in [5.41, 5.74) is 5.89. The monoisotopic (exact) mass is 505 g/mol. The molecular weight excluding hydrogens is 486 g/mol. The van der Waals surface area contributed by atoms with E-state index in [1.807, 2.05) is 11.3 Å². The minimum atomic E-state index is 1.07. The summed E-state index contributed by atoms with van der Waals surface area (Å²) < 4.78 is 3.69. The van der Waals surface area contributed by atoms with Crippen molar-refractivity contribution in [2.45, 2.75) is 0 Å². The van der Waals surface area contributed by atoms with Crippen LogP contribution in [-0.4, -0.2) is 0 Å². The number of thiophene rings is 1. The molecule has 0 atom stereocenters. The van der Waals surface area contributed by atoms with E-state index in [0.717, 1.165) is 15.8 Å². The van der Waals surface area contributed by atoms with Gasteiger partial charge in [0, 0.05) is 36.0 Å². The lowest BCUT2D eigenvalue weighted by molar-refractivity contribution is 1.30. The molecule has 0 radical (unpaired) electrons. The van der Waals surface area contributed by atoms with Crippen molar-refractivity contribution < 1.29 is 0 Å². The average molecular weight is 506 g/mol. The highest BCUT2D eigenvalue weighted by molar-refractivity contribution is 9.10. The quantitative estimate of drug-likeness (QED) is 0.230. The maximum atomic E-state index is 3.60. The summed E-state index contributed by atoms with van der Waals surface area (Å²) in [6.45, 7) is 0. The number of fused-ring (bicyclic) bond motifs is 3. The molecule has 1 heterocycles. The number of anilines is 3. The van der Waals surface area contributed by atoms with Crippen LogP contribution in [0.3, 0.4) is 0 Å². The van der Waals surface area contributed by atoms with Crippen molar-refractivity contribution in [2.24, 2.45) is 0 Å². The molecule has 6 rings (SSSR count). The van der Waals surface area contributed by atoms with Crippen molar-refractivity contribution >= 4 is 64.5 Å². The number of nitrogens with zero attached hydrogens (tertiary/aromatic N) is 1. The predicted octanol–water partition coefficient (Wildman–Crippen LogP) is 9.95. The second kappa shape index (κ2) is 8.51. The normalized spacial score (nSPS) is 11.2. The fourth-order valence-corrected chi connectivity index (χ4v) is 5.81. The van der Waals surface area contributed by atoms with E-state index in [1.165, 1.54) is 37.0 Å². The van der Waals surface area contributed by atoms with Gasteiger partial charge in [-0.25, -0.2) is 0 Å². The topological polar surface area (TPSA) is 3.24 Å². The summed E-state index contributed by atoms with van der Waals surface area (Å²) in [6.07, 6.45) is 0. The maximum Gasteiger partial charge on any atom is 0.0554 e. The fourth-order valence-electron chi connectivity index (χ4n) is 4.41. The van der Waals surface area contributed by atoms with Gasteiger partial charge in [0.25, 0.3) is 0 Å². The molecule has 0 amide bonds. The Labute approximate surface area is 205 Å². The molecule has 0 saturated heterocycles. The van der Waals surface area contributed by atoms with Gasteiger partial charge in [-0.2, -0.15) is 0 Å². The van der Waals surface area contributed by atoms with Gasteiger partial charge < -0.3 is 4.90 Å². The molecule has 1 nitrogen and oxygen atoms in total. The molecule has 0 aliphatic carbocycles. The third-order valence-corrected chi connectivity index (χ3v) is 7.58. The molecule has 0 aliphatic heterocycles. The second-order valence-electron chi connectivity index (χ2n) is 7.98. The standard InChI is InChI=1S/C30H20BrNS/c31-23-16-18-24(19-17-23)32(25-11-6-10-22(20-25)21-8-2-1-3-9-21)27-13-7-15-29-30(27)26-12-4-5-14-28(26)33-29/h1-20H. The first-order chi connectivity index (χ1) is 16.3. The van der Waals surface area contributed by atoms with Gasteiger partial charge in [-0.1, -0.05) is 82.7 Å². The van der Waals surface area contributed by atoms with E-state index in [9.17, 15) is 0 Å². The van der Waals surface area contributed by atoms with Crippen LogP contribution in [0.25, 0.3) is 31.3 Å². The summed E-state index contributed by atoms with van der Waals surface area (Å²) in [5, 5.41) is 2.60. The number of benzene rings is 5. The van der Waals surface area contributed by atoms with Crippen LogP contribution in [0.1, 0.15) is 0 Å². The molecule has 0 N–H and O–H groups in total. The lowest BCUT2D eigenvalue weighted by Gasteiger charge is -2.27. The highest BCUT2D eigenvalue weighted by Gasteiger charge is 2.18. The molecule has 6 aromatic rings. The fraction of sp³-hybridized carbons (Fsp3) is 0. The molecule has 3 heteroatoms. The van der Waals surface area contributed by atoms with E-state index in [0.29, 0.717) is 0 Å². The molecule has 0 fully saturated rings. The molecule has 0 unspecified atom stereocenters. The van der Waals surface area contributed by atoms with E-state index in [-0.39, 0.29) is 0 Å². The average Bonchev–Trinajstić information content (AvgIpc) is 3.26. The van der Waals surface area contributed by atoms with Crippen LogP contribution in [-0.2, 0) is 0 Å². The Morgan fingerprint density at radius 3 is 2.09 bits per heavy atom. The lowest BCUT2D eigenvalue weighted by Crippen LogP contribution is -2.10. The van der Waals surface area contributed by atoms with E-state index in [4.69, 9.17) is 0 Å². The summed E-state index contributed by atoms with van der Waals surface area (Å²) in [5.74, 6) is 0. The summed E-state index contributed by atoms with van der Waals surface area (Å²) >= 11 is 5.45. The zero-order valence-electron chi connectivity index (χ0n) is 17.8. The number of rotatable bonds is 4. The van der Waals surface area contributed by atoms with E-state index < -0.39 is 0 Å². The molecule has 0 aliphatic rings. The maximum absolute atomic E-state index is 3.60. The van der Waals surface area contributed by atoms with Gasteiger partial charge in [-0.3, -0.25) is 0 Å². The third-order valence-electron chi connectivity index (χ3n) is 5.92. The van der Waals surface area contributed by atoms with Crippen LogP contribution in [0.4, 0.5) is 17.1 Å². The van der Waals surface area contributed by atoms with Crippen molar-refractivity contribution in [2.75, 3.05) is 4.90 Å². The zero-order chi connectivity index (χ0) is 22.2. The Bertz CT molecular complexity index is 1570. The molecule has 0 spiro atoms. The minimum absolute atomic E-state index is 1.07. The predicted molar refractivity (Wildman–Crippen MR) is 147 cm³/mol. The first kappa shape index (κ1) is 20.2. The molecule has 0 bridgehead atoms. The SMILES string of the molecule is Brc1ccc(N(c2cccc(-c3ccccc3)c2)c2cccc3sc4ccccc4c23)cc1. The van der Waals surface area contributed by atoms with Crippen molar-refractivity contribution in [3.8, 4) is 11.1 Å². The van der Waals surface area contributed by atoms with Gasteiger partial charge in [0.2, 0.25) is 0 Å². The molecule has 1 aromatic heterocycles. The van der Waals surface area contributed by atoms with Crippen LogP contribution in [0.5, 0.6) is 0 Å². The van der Waals surface area contributed by atoms with Gasteiger partial charge in [0.05, 0.1) is 5.69 Å². The van der Waals surface area contributed by atoms with Crippen LogP contribution in [0, 0.1) is 0 Å². The van der Waals surface area contributed by atoms with Gasteiger partial charge >= 0.3 is 0 Å². The highest BCUT2D eigenvalue weighted by atomic mass is 79.9. The smallest absolute Gasteiger partial charge is 0.0554 e. The first-order valence-corrected chi connectivity index (χ1v) is 12.5. The van der Waals surface area contributed by atoms with Crippen LogP contribution in [0.2, 0.25) is 0 Å². The lowest BCUT2D eigenvalue weighted by atomic mass is 10.0. The minimum Gasteiger partial charge on any atom is -0.310 e. The van der Waals surface area contributed by atoms with Crippen LogP contribution >= 0.6 is 27.3 Å². The summed E-state index contributed by atoms with van der Waals surface area (Å²) in [6, 6.07) is 43.3. The Balaban J connectivity index is 1.62. The molecule has 0 saturated carbocycles. The van der Waals surface area contributed by atoms with E-state index in [1.54, 1.807) is 0 Å². The second-order valence-corrected chi connectivity index (χ2v) is 9.98. The Kier molecular flexibility index (Phi) is 5.21. The molecule has 33 heavy (non-hydrogen) atoms. The van der Waals surface area contributed by atoms with E-state index >= 15 is 0 Å². The van der Waals surface area contributed by atoms with Crippen LogP contribution < -0.4 is 4.90 Å². The van der Waals surface area contributed by atoms with Crippen molar-refractivity contribution in [1.29, 1.82) is 0 Å². The van der Waals surface area contributed by atoms with Gasteiger partial charge in [-0.15, -0.1) is 11.3 Å². The van der Waals surface area contributed by atoms with E-state index in [2.05, 4.69) is 142 Å². The zero-order valence-corrected chi connectivity index (χ0v) is 20.2. The number of hydrogen-bond donors (Lipinski definition) is 0. The summed E-state index contributed by atoms with van der Waals surface area (Å²) in [4.78, 5) is 2.38. The Hall–Kier alpha value is -3.40. The number of hydrogen-bond acceptors (Lipinski definition) is 2. The molecule has 5 aromatic carbocycles. The highest BCUT2D eigenvalue weighted by Crippen LogP contribution is 2.45. The molecular formula is C30H20BrNS. The number of halogens is 1. The van der Waals surface area contributed by atoms with Crippen molar-refractivity contribution in [3.05, 3.63) is 126 Å². The van der Waals surface area contributed by atoms with Gasteiger partial charge in [0.1, 0.15) is 0 Å². The molecule has 158 valence electrons. The first-order valence-electron chi connectivity index (χ1n) is 10.9. The van der Waals surface area contributed by atoms with Crippen molar-refractivity contribution in [3.63, 3.8) is 0 Å².